The van der Waals surface area contributed by atoms with E-state index in [1.807, 2.05) is 0 Å². The first-order valence-corrected chi connectivity index (χ1v) is 12.9. The van der Waals surface area contributed by atoms with Crippen LogP contribution in [0.4, 0.5) is 0 Å². The predicted octanol–water partition coefficient (Wildman–Crippen LogP) is 9.87. The number of ether oxygens (including phenoxy) is 1. The molecule has 0 aromatic carbocycles. The first kappa shape index (κ1) is 29.2. The Kier molecular flexibility index (Phi) is 33.1. The molecule has 0 spiro atoms. The SMILES string of the molecule is CCCCCCCCCCCCCCCC.CCCCCOCCCCC. The van der Waals surface area contributed by atoms with Crippen LogP contribution in [-0.2, 0) is 4.74 Å². The molecule has 0 aromatic rings. The highest BCUT2D eigenvalue weighted by Gasteiger charge is 1.93. The number of unbranched alkanes of at least 4 members (excludes halogenated alkanes) is 17. The molecule has 0 aliphatic carbocycles. The van der Waals surface area contributed by atoms with E-state index in [4.69, 9.17) is 4.74 Å². The zero-order valence-corrected chi connectivity index (χ0v) is 20.0. The van der Waals surface area contributed by atoms with Gasteiger partial charge in [-0.05, 0) is 12.8 Å². The van der Waals surface area contributed by atoms with E-state index < -0.39 is 0 Å². The van der Waals surface area contributed by atoms with Crippen LogP contribution in [0.5, 0.6) is 0 Å². The Labute approximate surface area is 174 Å². The largest absolute Gasteiger partial charge is 0.381 e. The molecule has 0 radical (unpaired) electrons. The third kappa shape index (κ3) is 33.9. The van der Waals surface area contributed by atoms with Crippen molar-refractivity contribution < 1.29 is 4.74 Å². The minimum Gasteiger partial charge on any atom is -0.381 e. The molecule has 0 aliphatic heterocycles. The lowest BCUT2D eigenvalue weighted by Crippen LogP contribution is -1.96. The first-order valence-electron chi connectivity index (χ1n) is 12.9. The van der Waals surface area contributed by atoms with Gasteiger partial charge in [0.1, 0.15) is 0 Å². The highest BCUT2D eigenvalue weighted by atomic mass is 16.5. The standard InChI is InChI=1S/C16H34.C10H22O/c1-3-5-7-9-11-13-15-16-14-12-10-8-6-4-2;1-3-5-7-9-11-10-8-6-4-2/h3-16H2,1-2H3;3-10H2,1-2H3. The summed E-state index contributed by atoms with van der Waals surface area (Å²) in [6, 6.07) is 0. The maximum Gasteiger partial charge on any atom is 0.0466 e. The van der Waals surface area contributed by atoms with Crippen LogP contribution in [0.2, 0.25) is 0 Å². The zero-order valence-electron chi connectivity index (χ0n) is 20.0. The number of hydrogen-bond donors (Lipinski definition) is 0. The predicted molar refractivity (Wildman–Crippen MR) is 126 cm³/mol. The second kappa shape index (κ2) is 30.7. The molecule has 0 N–H and O–H groups in total. The Morgan fingerprint density at radius 2 is 0.519 bits per heavy atom. The van der Waals surface area contributed by atoms with E-state index in [0.717, 1.165) is 13.2 Å². The van der Waals surface area contributed by atoms with Gasteiger partial charge >= 0.3 is 0 Å². The molecule has 0 aromatic heterocycles. The topological polar surface area (TPSA) is 9.23 Å². The summed E-state index contributed by atoms with van der Waals surface area (Å²) in [4.78, 5) is 0. The third-order valence-corrected chi connectivity index (χ3v) is 5.24. The van der Waals surface area contributed by atoms with Crippen LogP contribution in [0.3, 0.4) is 0 Å². The maximum atomic E-state index is 5.44. The lowest BCUT2D eigenvalue weighted by Gasteiger charge is -2.02. The molecular weight excluding hydrogens is 328 g/mol. The van der Waals surface area contributed by atoms with Crippen molar-refractivity contribution >= 4 is 0 Å². The first-order chi connectivity index (χ1) is 13.3. The van der Waals surface area contributed by atoms with Gasteiger partial charge in [0.2, 0.25) is 0 Å². The van der Waals surface area contributed by atoms with Crippen molar-refractivity contribution in [2.75, 3.05) is 13.2 Å². The summed E-state index contributed by atoms with van der Waals surface area (Å²) in [6.45, 7) is 11.0. The van der Waals surface area contributed by atoms with Gasteiger partial charge in [-0.1, -0.05) is 143 Å². The van der Waals surface area contributed by atoms with Crippen molar-refractivity contribution in [3.8, 4) is 0 Å². The van der Waals surface area contributed by atoms with Gasteiger partial charge in [0.05, 0.1) is 0 Å². The molecule has 0 bridgehead atoms. The fourth-order valence-corrected chi connectivity index (χ4v) is 3.28. The Balaban J connectivity index is 0. The smallest absolute Gasteiger partial charge is 0.0466 e. The van der Waals surface area contributed by atoms with Gasteiger partial charge < -0.3 is 4.74 Å². The van der Waals surface area contributed by atoms with E-state index in [1.54, 1.807) is 0 Å². The molecule has 166 valence electrons. The van der Waals surface area contributed by atoms with E-state index in [0.29, 0.717) is 0 Å². The van der Waals surface area contributed by atoms with E-state index in [1.165, 1.54) is 128 Å². The molecule has 0 saturated carbocycles. The van der Waals surface area contributed by atoms with Crippen LogP contribution in [0.25, 0.3) is 0 Å². The van der Waals surface area contributed by atoms with Crippen LogP contribution < -0.4 is 0 Å². The van der Waals surface area contributed by atoms with Gasteiger partial charge in [-0.25, -0.2) is 0 Å². The molecule has 27 heavy (non-hydrogen) atoms. The lowest BCUT2D eigenvalue weighted by atomic mass is 10.0. The summed E-state index contributed by atoms with van der Waals surface area (Å²) in [5, 5.41) is 0. The summed E-state index contributed by atoms with van der Waals surface area (Å²) >= 11 is 0. The summed E-state index contributed by atoms with van der Waals surface area (Å²) in [7, 11) is 0. The minimum absolute atomic E-state index is 0.970. The van der Waals surface area contributed by atoms with Gasteiger partial charge in [-0.3, -0.25) is 0 Å². The van der Waals surface area contributed by atoms with E-state index >= 15 is 0 Å². The molecule has 1 nitrogen and oxygen atoms in total. The van der Waals surface area contributed by atoms with Gasteiger partial charge in [-0.2, -0.15) is 0 Å². The summed E-state index contributed by atoms with van der Waals surface area (Å²) in [6.07, 6.45) is 28.1. The molecule has 0 amide bonds. The maximum absolute atomic E-state index is 5.44. The lowest BCUT2D eigenvalue weighted by molar-refractivity contribution is 0.126. The van der Waals surface area contributed by atoms with Crippen LogP contribution >= 0.6 is 0 Å². The van der Waals surface area contributed by atoms with E-state index in [-0.39, 0.29) is 0 Å². The molecule has 0 saturated heterocycles. The van der Waals surface area contributed by atoms with Crippen LogP contribution in [0, 0.1) is 0 Å². The second-order valence-corrected chi connectivity index (χ2v) is 8.27. The zero-order chi connectivity index (χ0) is 20.3. The highest BCUT2D eigenvalue weighted by Crippen LogP contribution is 2.12. The minimum atomic E-state index is 0.970. The molecule has 0 atom stereocenters. The Morgan fingerprint density at radius 3 is 0.778 bits per heavy atom. The fraction of sp³-hybridized carbons (Fsp3) is 1.00. The second-order valence-electron chi connectivity index (χ2n) is 8.27. The van der Waals surface area contributed by atoms with Gasteiger partial charge in [0.25, 0.3) is 0 Å². The number of hydrogen-bond acceptors (Lipinski definition) is 1. The average molecular weight is 385 g/mol. The highest BCUT2D eigenvalue weighted by molar-refractivity contribution is 4.48. The van der Waals surface area contributed by atoms with Gasteiger partial charge in [0.15, 0.2) is 0 Å². The molecule has 0 aliphatic rings. The number of rotatable bonds is 21. The molecule has 0 heterocycles. The van der Waals surface area contributed by atoms with Crippen LogP contribution in [0.1, 0.15) is 156 Å². The monoisotopic (exact) mass is 384 g/mol. The van der Waals surface area contributed by atoms with E-state index in [2.05, 4.69) is 27.7 Å². The van der Waals surface area contributed by atoms with Crippen molar-refractivity contribution in [2.24, 2.45) is 0 Å². The van der Waals surface area contributed by atoms with Crippen LogP contribution in [-0.4, -0.2) is 13.2 Å². The molecule has 0 rings (SSSR count). The normalized spacial score (nSPS) is 10.7. The Bertz CT molecular complexity index is 192. The van der Waals surface area contributed by atoms with E-state index in [9.17, 15) is 0 Å². The molecule has 0 unspecified atom stereocenters. The van der Waals surface area contributed by atoms with Gasteiger partial charge in [0, 0.05) is 13.2 Å². The quantitative estimate of drug-likeness (QED) is 0.179. The van der Waals surface area contributed by atoms with Crippen molar-refractivity contribution in [3.63, 3.8) is 0 Å². The van der Waals surface area contributed by atoms with Crippen molar-refractivity contribution in [1.29, 1.82) is 0 Å². The Morgan fingerprint density at radius 1 is 0.296 bits per heavy atom. The van der Waals surface area contributed by atoms with Crippen LogP contribution in [0.15, 0.2) is 0 Å². The summed E-state index contributed by atoms with van der Waals surface area (Å²) in [5.41, 5.74) is 0. The molecule has 0 fully saturated rings. The fourth-order valence-electron chi connectivity index (χ4n) is 3.28. The Hall–Kier alpha value is -0.0400. The molecule has 1 heteroatoms. The van der Waals surface area contributed by atoms with Crippen molar-refractivity contribution in [3.05, 3.63) is 0 Å². The average Bonchev–Trinajstić information content (AvgIpc) is 2.69. The summed E-state index contributed by atoms with van der Waals surface area (Å²) < 4.78 is 5.44. The van der Waals surface area contributed by atoms with Crippen molar-refractivity contribution in [2.45, 2.75) is 156 Å². The summed E-state index contributed by atoms with van der Waals surface area (Å²) in [5.74, 6) is 0. The van der Waals surface area contributed by atoms with Gasteiger partial charge in [-0.15, -0.1) is 0 Å². The van der Waals surface area contributed by atoms with Crippen molar-refractivity contribution in [1.82, 2.24) is 0 Å². The third-order valence-electron chi connectivity index (χ3n) is 5.24. The molecular formula is C26H56O.